The summed E-state index contributed by atoms with van der Waals surface area (Å²) in [7, 11) is -3.35. The highest BCUT2D eigenvalue weighted by Gasteiger charge is 2.39. The second-order valence-corrected chi connectivity index (χ2v) is 6.43. The zero-order valence-corrected chi connectivity index (χ0v) is 10.3. The summed E-state index contributed by atoms with van der Waals surface area (Å²) < 4.78 is 29.7. The first-order valence-electron chi connectivity index (χ1n) is 5.43. The SMILES string of the molecule is CC(=O)O[C@H]1C=CCC2C=CC=C[C@@H]1S2(=O)=O. The number of esters is 1. The first kappa shape index (κ1) is 12.1. The highest BCUT2D eigenvalue weighted by atomic mass is 32.2. The van der Waals surface area contributed by atoms with Gasteiger partial charge in [-0.1, -0.05) is 30.4 Å². The van der Waals surface area contributed by atoms with E-state index in [9.17, 15) is 13.2 Å². The average molecular weight is 254 g/mol. The molecule has 0 saturated carbocycles. The fraction of sp³-hybridized carbons (Fsp3) is 0.417. The number of rotatable bonds is 1. The third kappa shape index (κ3) is 2.34. The Morgan fingerprint density at radius 1 is 1.24 bits per heavy atom. The van der Waals surface area contributed by atoms with Crippen molar-refractivity contribution in [3.8, 4) is 0 Å². The third-order valence-electron chi connectivity index (χ3n) is 2.86. The lowest BCUT2D eigenvalue weighted by molar-refractivity contribution is -0.143. The van der Waals surface area contributed by atoms with Gasteiger partial charge in [0.05, 0.1) is 5.25 Å². The van der Waals surface area contributed by atoms with E-state index in [4.69, 9.17) is 4.74 Å². The topological polar surface area (TPSA) is 60.4 Å². The fourth-order valence-corrected chi connectivity index (χ4v) is 3.97. The van der Waals surface area contributed by atoms with Crippen molar-refractivity contribution in [1.82, 2.24) is 0 Å². The molecule has 0 fully saturated rings. The van der Waals surface area contributed by atoms with Crippen molar-refractivity contribution in [3.63, 3.8) is 0 Å². The van der Waals surface area contributed by atoms with Gasteiger partial charge >= 0.3 is 5.97 Å². The normalized spacial score (nSPS) is 33.8. The predicted molar refractivity (Wildman–Crippen MR) is 64.1 cm³/mol. The molecule has 0 spiro atoms. The molecule has 3 atom stereocenters. The van der Waals surface area contributed by atoms with E-state index in [2.05, 4.69) is 0 Å². The lowest BCUT2D eigenvalue weighted by atomic mass is 10.1. The van der Waals surface area contributed by atoms with Crippen LogP contribution in [0.5, 0.6) is 0 Å². The van der Waals surface area contributed by atoms with E-state index in [1.807, 2.05) is 0 Å². The number of ether oxygens (including phenoxy) is 1. The predicted octanol–water partition coefficient (Wildman–Crippen LogP) is 1.16. The lowest BCUT2D eigenvalue weighted by Crippen LogP contribution is -2.37. The first-order valence-corrected chi connectivity index (χ1v) is 7.04. The van der Waals surface area contributed by atoms with Gasteiger partial charge in [0.15, 0.2) is 9.84 Å². The molecule has 0 radical (unpaired) electrons. The van der Waals surface area contributed by atoms with Crippen LogP contribution in [0.1, 0.15) is 13.3 Å². The van der Waals surface area contributed by atoms with Gasteiger partial charge in [-0.15, -0.1) is 0 Å². The van der Waals surface area contributed by atoms with Crippen molar-refractivity contribution in [1.29, 1.82) is 0 Å². The van der Waals surface area contributed by atoms with Gasteiger partial charge in [-0.2, -0.15) is 0 Å². The highest BCUT2D eigenvalue weighted by Crippen LogP contribution is 2.26. The van der Waals surface area contributed by atoms with Gasteiger partial charge in [0.1, 0.15) is 11.4 Å². The number of fused-ring (bicyclic) bond motifs is 2. The van der Waals surface area contributed by atoms with Gasteiger partial charge in [-0.05, 0) is 12.5 Å². The summed E-state index contributed by atoms with van der Waals surface area (Å²) >= 11 is 0. The van der Waals surface area contributed by atoms with Gasteiger partial charge in [0.2, 0.25) is 0 Å². The summed E-state index contributed by atoms with van der Waals surface area (Å²) in [6.07, 6.45) is 9.80. The third-order valence-corrected chi connectivity index (χ3v) is 5.24. The molecule has 2 aliphatic heterocycles. The Bertz CT molecular complexity index is 499. The second kappa shape index (κ2) is 4.49. The monoisotopic (exact) mass is 254 g/mol. The number of sulfone groups is 1. The minimum atomic E-state index is -3.35. The Morgan fingerprint density at radius 2 is 1.94 bits per heavy atom. The maximum Gasteiger partial charge on any atom is 0.303 e. The van der Waals surface area contributed by atoms with Crippen molar-refractivity contribution in [2.75, 3.05) is 0 Å². The van der Waals surface area contributed by atoms with Crippen LogP contribution in [0.15, 0.2) is 36.5 Å². The van der Waals surface area contributed by atoms with Crippen molar-refractivity contribution in [2.24, 2.45) is 0 Å². The smallest absolute Gasteiger partial charge is 0.303 e. The summed E-state index contributed by atoms with van der Waals surface area (Å²) in [5.41, 5.74) is 0. The lowest BCUT2D eigenvalue weighted by Gasteiger charge is -2.21. The van der Waals surface area contributed by atoms with Gasteiger partial charge < -0.3 is 4.74 Å². The molecule has 0 saturated heterocycles. The average Bonchev–Trinajstić information content (AvgIpc) is 2.44. The molecule has 0 aromatic heterocycles. The maximum atomic E-state index is 12.3. The largest absolute Gasteiger partial charge is 0.457 e. The maximum absolute atomic E-state index is 12.3. The van der Waals surface area contributed by atoms with Gasteiger partial charge in [0.25, 0.3) is 0 Å². The molecule has 5 heteroatoms. The Morgan fingerprint density at radius 3 is 2.65 bits per heavy atom. The van der Waals surface area contributed by atoms with Crippen LogP contribution >= 0.6 is 0 Å². The Balaban J connectivity index is 2.42. The summed E-state index contributed by atoms with van der Waals surface area (Å²) in [6, 6.07) is 0. The molecule has 0 aromatic rings. The van der Waals surface area contributed by atoms with E-state index in [1.54, 1.807) is 36.5 Å². The molecule has 2 heterocycles. The molecule has 0 aliphatic carbocycles. The number of hydrogen-bond donors (Lipinski definition) is 0. The Hall–Kier alpha value is -1.36. The second-order valence-electron chi connectivity index (χ2n) is 4.10. The summed E-state index contributed by atoms with van der Waals surface area (Å²) in [6.45, 7) is 1.28. The number of carbonyl (C=O) groups is 1. The molecule has 1 unspecified atom stereocenters. The molecule has 17 heavy (non-hydrogen) atoms. The minimum Gasteiger partial charge on any atom is -0.457 e. The molecule has 0 amide bonds. The van der Waals surface area contributed by atoms with E-state index in [1.165, 1.54) is 6.92 Å². The van der Waals surface area contributed by atoms with E-state index in [-0.39, 0.29) is 0 Å². The van der Waals surface area contributed by atoms with Crippen molar-refractivity contribution in [3.05, 3.63) is 36.5 Å². The zero-order chi connectivity index (χ0) is 12.5. The van der Waals surface area contributed by atoms with Crippen LogP contribution in [0.3, 0.4) is 0 Å². The van der Waals surface area contributed by atoms with Crippen LogP contribution in [0.25, 0.3) is 0 Å². The molecule has 92 valence electrons. The molecular weight excluding hydrogens is 240 g/mol. The standard InChI is InChI=1S/C12H14O4S/c1-9(13)16-11-7-4-6-10-5-2-3-8-12(11)17(10,14)15/h2-5,7-8,10-12H,6H2,1H3/t10?,11-,12-/m0/s1. The number of hydrogen-bond acceptors (Lipinski definition) is 4. The molecule has 2 aliphatic rings. The van der Waals surface area contributed by atoms with Crippen molar-refractivity contribution in [2.45, 2.75) is 29.9 Å². The summed E-state index contributed by atoms with van der Waals surface area (Å²) in [5.74, 6) is -0.473. The van der Waals surface area contributed by atoms with Crippen LogP contribution in [0.2, 0.25) is 0 Å². The summed E-state index contributed by atoms with van der Waals surface area (Å²) in [4.78, 5) is 11.0. The Kier molecular flexibility index (Phi) is 3.19. The van der Waals surface area contributed by atoms with Gasteiger partial charge in [-0.3, -0.25) is 4.79 Å². The number of carbonyl (C=O) groups excluding carboxylic acids is 1. The zero-order valence-electron chi connectivity index (χ0n) is 9.44. The molecular formula is C12H14O4S. The van der Waals surface area contributed by atoms with Crippen LogP contribution in [0, 0.1) is 0 Å². The Labute approximate surface area is 101 Å². The minimum absolute atomic E-state index is 0.425. The highest BCUT2D eigenvalue weighted by molar-refractivity contribution is 7.93. The number of allylic oxidation sites excluding steroid dienone is 3. The molecule has 2 bridgehead atoms. The fourth-order valence-electron chi connectivity index (χ4n) is 2.05. The van der Waals surface area contributed by atoms with Crippen LogP contribution < -0.4 is 0 Å². The van der Waals surface area contributed by atoms with E-state index in [0.717, 1.165) is 0 Å². The first-order chi connectivity index (χ1) is 8.01. The molecule has 0 N–H and O–H groups in total. The van der Waals surface area contributed by atoms with Crippen LogP contribution in [0.4, 0.5) is 0 Å². The molecule has 4 nitrogen and oxygen atoms in total. The van der Waals surface area contributed by atoms with Crippen LogP contribution in [-0.2, 0) is 19.4 Å². The van der Waals surface area contributed by atoms with E-state index >= 15 is 0 Å². The summed E-state index contributed by atoms with van der Waals surface area (Å²) in [5, 5.41) is -1.32. The van der Waals surface area contributed by atoms with Gasteiger partial charge in [-0.25, -0.2) is 8.42 Å². The van der Waals surface area contributed by atoms with Crippen molar-refractivity contribution < 1.29 is 17.9 Å². The van der Waals surface area contributed by atoms with Crippen LogP contribution in [-0.4, -0.2) is 31.0 Å². The molecule has 0 aromatic carbocycles. The van der Waals surface area contributed by atoms with Crippen molar-refractivity contribution >= 4 is 15.8 Å². The quantitative estimate of drug-likeness (QED) is 0.520. The van der Waals surface area contributed by atoms with E-state index < -0.39 is 32.4 Å². The molecule has 2 rings (SSSR count). The van der Waals surface area contributed by atoms with Gasteiger partial charge in [0, 0.05) is 6.92 Å². The van der Waals surface area contributed by atoms with E-state index in [0.29, 0.717) is 6.42 Å².